The molecular formula is C36H48N4O4. The number of aryl methyl sites for hydroxylation is 2. The highest BCUT2D eigenvalue weighted by Crippen LogP contribution is 2.45. The van der Waals surface area contributed by atoms with Crippen LogP contribution in [0.15, 0.2) is 48.7 Å². The van der Waals surface area contributed by atoms with E-state index in [1.165, 1.54) is 0 Å². The van der Waals surface area contributed by atoms with E-state index in [0.717, 1.165) is 65.4 Å². The summed E-state index contributed by atoms with van der Waals surface area (Å²) in [6, 6.07) is 13.2. The first kappa shape index (κ1) is 33.1. The number of ether oxygens (including phenoxy) is 2. The number of piperidine rings is 1. The Balaban J connectivity index is 1.80. The van der Waals surface area contributed by atoms with Crippen LogP contribution in [0.1, 0.15) is 100 Å². The van der Waals surface area contributed by atoms with Crippen molar-refractivity contribution in [2.24, 2.45) is 5.41 Å². The average molecular weight is 601 g/mol. The van der Waals surface area contributed by atoms with E-state index in [0.29, 0.717) is 12.1 Å². The molecule has 44 heavy (non-hydrogen) atoms. The number of nitrogens with one attached hydrogen (secondary N) is 1. The molecule has 0 aliphatic carbocycles. The lowest BCUT2D eigenvalue weighted by atomic mass is 9.81. The predicted molar refractivity (Wildman–Crippen MR) is 175 cm³/mol. The lowest BCUT2D eigenvalue weighted by Gasteiger charge is -2.41. The first-order valence-electron chi connectivity index (χ1n) is 15.6. The fourth-order valence-electron chi connectivity index (χ4n) is 5.61. The summed E-state index contributed by atoms with van der Waals surface area (Å²) >= 11 is 0. The smallest absolute Gasteiger partial charge is 0.340 e. The van der Waals surface area contributed by atoms with Gasteiger partial charge in [0.15, 0.2) is 6.10 Å². The molecule has 8 heteroatoms. The Morgan fingerprint density at radius 3 is 2.23 bits per heavy atom. The molecule has 3 heterocycles. The number of anilines is 1. The van der Waals surface area contributed by atoms with E-state index in [9.17, 15) is 9.59 Å². The van der Waals surface area contributed by atoms with Crippen molar-refractivity contribution in [1.82, 2.24) is 15.3 Å². The molecule has 1 aliphatic heterocycles. The topological polar surface area (TPSA) is 93.7 Å². The number of benzene rings is 1. The third-order valence-corrected chi connectivity index (χ3v) is 7.90. The summed E-state index contributed by atoms with van der Waals surface area (Å²) in [5, 5.41) is 2.95. The zero-order chi connectivity index (χ0) is 32.2. The maximum Gasteiger partial charge on any atom is 0.340 e. The molecule has 1 aliphatic rings. The second kappa shape index (κ2) is 13.5. The van der Waals surface area contributed by atoms with Gasteiger partial charge in [-0.15, -0.1) is 0 Å². The van der Waals surface area contributed by atoms with Crippen molar-refractivity contribution in [3.63, 3.8) is 0 Å². The maximum absolute atomic E-state index is 13.7. The SMILES string of the molecule is Cc1nc(C)c(C(OC(C)(C)C)C(=O)OC(C)C)c(N2CCC(C)(C)CC2)c1-c1ccc(C(=O)NCc2ccccn2)cc1. The van der Waals surface area contributed by atoms with Crippen molar-refractivity contribution >= 4 is 17.6 Å². The summed E-state index contributed by atoms with van der Waals surface area (Å²) in [5.41, 5.74) is 6.11. The van der Waals surface area contributed by atoms with Crippen molar-refractivity contribution in [2.45, 2.75) is 99.5 Å². The van der Waals surface area contributed by atoms with E-state index in [1.54, 1.807) is 6.20 Å². The molecule has 0 saturated carbocycles. The molecule has 3 aromatic rings. The Morgan fingerprint density at radius 1 is 1.00 bits per heavy atom. The van der Waals surface area contributed by atoms with Gasteiger partial charge >= 0.3 is 5.97 Å². The van der Waals surface area contributed by atoms with E-state index in [1.807, 2.05) is 90.9 Å². The zero-order valence-corrected chi connectivity index (χ0v) is 27.8. The summed E-state index contributed by atoms with van der Waals surface area (Å²) in [7, 11) is 0. The molecule has 0 bridgehead atoms. The van der Waals surface area contributed by atoms with E-state index in [4.69, 9.17) is 14.5 Å². The predicted octanol–water partition coefficient (Wildman–Crippen LogP) is 7.12. The van der Waals surface area contributed by atoms with Crippen LogP contribution in [0.4, 0.5) is 5.69 Å². The van der Waals surface area contributed by atoms with Gasteiger partial charge < -0.3 is 19.7 Å². The molecule has 1 amide bonds. The van der Waals surface area contributed by atoms with Gasteiger partial charge in [-0.3, -0.25) is 14.8 Å². The number of aromatic nitrogens is 2. The van der Waals surface area contributed by atoms with E-state index in [2.05, 4.69) is 29.0 Å². The van der Waals surface area contributed by atoms with Gasteiger partial charge in [-0.25, -0.2) is 4.79 Å². The van der Waals surface area contributed by atoms with Gasteiger partial charge in [0.2, 0.25) is 0 Å². The number of carbonyl (C=O) groups is 2. The highest BCUT2D eigenvalue weighted by atomic mass is 16.6. The van der Waals surface area contributed by atoms with Crippen LogP contribution in [-0.2, 0) is 20.8 Å². The van der Waals surface area contributed by atoms with Gasteiger partial charge in [-0.1, -0.05) is 32.0 Å². The monoisotopic (exact) mass is 600 g/mol. The van der Waals surface area contributed by atoms with Gasteiger partial charge in [0.25, 0.3) is 5.91 Å². The number of rotatable bonds is 9. The van der Waals surface area contributed by atoms with Crippen molar-refractivity contribution in [3.8, 4) is 11.1 Å². The molecule has 1 N–H and O–H groups in total. The van der Waals surface area contributed by atoms with Crippen LogP contribution in [0.2, 0.25) is 0 Å². The minimum absolute atomic E-state index is 0.171. The highest BCUT2D eigenvalue weighted by Gasteiger charge is 2.37. The first-order chi connectivity index (χ1) is 20.6. The van der Waals surface area contributed by atoms with Gasteiger partial charge in [0.1, 0.15) is 0 Å². The summed E-state index contributed by atoms with van der Waals surface area (Å²) in [5.74, 6) is -0.594. The molecule has 0 radical (unpaired) electrons. The molecule has 1 unspecified atom stereocenters. The number of pyridine rings is 2. The average Bonchev–Trinajstić information content (AvgIpc) is 2.94. The normalized spacial score (nSPS) is 15.6. The fraction of sp³-hybridized carbons (Fsp3) is 0.500. The number of amides is 1. The Kier molecular flexibility index (Phi) is 10.1. The molecule has 0 spiro atoms. The Morgan fingerprint density at radius 2 is 1.66 bits per heavy atom. The fourth-order valence-corrected chi connectivity index (χ4v) is 5.61. The summed E-state index contributed by atoms with van der Waals surface area (Å²) in [6.45, 7) is 20.1. The molecule has 1 atom stereocenters. The standard InChI is InChI=1S/C36H48N4O4/c1-23(2)43-34(42)32(44-35(5,6)7)30-25(4)39-24(3)29(31(30)40-20-17-36(8,9)18-21-40)26-13-15-27(16-14-26)33(41)38-22-28-12-10-11-19-37-28/h10-16,19,23,32H,17-18,20-22H2,1-9H3,(H,38,41). The van der Waals surface area contributed by atoms with Crippen molar-refractivity contribution < 1.29 is 19.1 Å². The van der Waals surface area contributed by atoms with E-state index < -0.39 is 17.7 Å². The number of hydrogen-bond donors (Lipinski definition) is 1. The Labute approximate surface area is 262 Å². The van der Waals surface area contributed by atoms with Gasteiger partial charge in [-0.05, 0) is 96.6 Å². The molecule has 4 rings (SSSR count). The van der Waals surface area contributed by atoms with Crippen LogP contribution >= 0.6 is 0 Å². The van der Waals surface area contributed by atoms with Crippen LogP contribution in [0.3, 0.4) is 0 Å². The van der Waals surface area contributed by atoms with Gasteiger partial charge in [0, 0.05) is 47.4 Å². The van der Waals surface area contributed by atoms with Crippen molar-refractivity contribution in [2.75, 3.05) is 18.0 Å². The van der Waals surface area contributed by atoms with Crippen LogP contribution < -0.4 is 10.2 Å². The Bertz CT molecular complexity index is 1450. The minimum atomic E-state index is -0.953. The highest BCUT2D eigenvalue weighted by molar-refractivity contribution is 5.95. The number of nitrogens with zero attached hydrogens (tertiary/aromatic N) is 3. The van der Waals surface area contributed by atoms with E-state index in [-0.39, 0.29) is 17.4 Å². The molecule has 8 nitrogen and oxygen atoms in total. The van der Waals surface area contributed by atoms with E-state index >= 15 is 0 Å². The molecule has 1 saturated heterocycles. The second-order valence-corrected chi connectivity index (χ2v) is 13.7. The zero-order valence-electron chi connectivity index (χ0n) is 27.8. The maximum atomic E-state index is 13.7. The lowest BCUT2D eigenvalue weighted by molar-refractivity contribution is -0.171. The summed E-state index contributed by atoms with van der Waals surface area (Å²) < 4.78 is 12.2. The Hall–Kier alpha value is -3.78. The minimum Gasteiger partial charge on any atom is -0.461 e. The second-order valence-electron chi connectivity index (χ2n) is 13.7. The molecule has 1 fully saturated rings. The third kappa shape index (κ3) is 8.23. The van der Waals surface area contributed by atoms with Crippen LogP contribution in [-0.4, -0.2) is 46.6 Å². The molecular weight excluding hydrogens is 552 g/mol. The summed E-state index contributed by atoms with van der Waals surface area (Å²) in [6.07, 6.45) is 2.50. The van der Waals surface area contributed by atoms with Crippen molar-refractivity contribution in [1.29, 1.82) is 0 Å². The molecule has 1 aromatic carbocycles. The number of hydrogen-bond acceptors (Lipinski definition) is 7. The van der Waals surface area contributed by atoms with Gasteiger partial charge in [-0.2, -0.15) is 0 Å². The number of carbonyl (C=O) groups excluding carboxylic acids is 2. The van der Waals surface area contributed by atoms with Gasteiger partial charge in [0.05, 0.1) is 29.6 Å². The first-order valence-corrected chi connectivity index (χ1v) is 15.6. The van der Waals surface area contributed by atoms with Crippen LogP contribution in [0, 0.1) is 19.3 Å². The third-order valence-electron chi connectivity index (χ3n) is 7.90. The van der Waals surface area contributed by atoms with Crippen molar-refractivity contribution in [3.05, 3.63) is 76.9 Å². The molecule has 2 aromatic heterocycles. The summed E-state index contributed by atoms with van der Waals surface area (Å²) in [4.78, 5) is 38.3. The molecule has 236 valence electrons. The van der Waals surface area contributed by atoms with Crippen LogP contribution in [0.25, 0.3) is 11.1 Å². The number of esters is 1. The quantitative estimate of drug-likeness (QED) is 0.261. The largest absolute Gasteiger partial charge is 0.461 e. The van der Waals surface area contributed by atoms with Crippen LogP contribution in [0.5, 0.6) is 0 Å². The lowest BCUT2D eigenvalue weighted by Crippen LogP contribution is -2.39.